The summed E-state index contributed by atoms with van der Waals surface area (Å²) in [6, 6.07) is 15.4. The summed E-state index contributed by atoms with van der Waals surface area (Å²) in [7, 11) is 3.28. The number of Topliss-reactive ketones (excluding diaryl/α,β-unsaturated/α-hetero) is 2. The second-order valence-electron chi connectivity index (χ2n) is 16.4. The first kappa shape index (κ1) is 53.2. The number of pyridine rings is 2. The molecule has 2 aromatic carbocycles. The van der Waals surface area contributed by atoms with Crippen molar-refractivity contribution in [1.29, 1.82) is 0 Å². The number of carboxylic acids is 2. The minimum atomic E-state index is -2.27. The molecular formula is C50H56N10O12. The Morgan fingerprint density at radius 2 is 1.00 bits per heavy atom. The molecule has 0 bridgehead atoms. The molecule has 2 unspecified atom stereocenters. The molecule has 0 aliphatic carbocycles. The zero-order chi connectivity index (χ0) is 51.6. The summed E-state index contributed by atoms with van der Waals surface area (Å²) in [4.78, 5) is 75.5. The summed E-state index contributed by atoms with van der Waals surface area (Å²) in [5.41, 5.74) is 18.0. The molecule has 22 heteroatoms. The minimum absolute atomic E-state index is 0.0653. The van der Waals surface area contributed by atoms with Gasteiger partial charge in [0.05, 0.1) is 73.5 Å². The number of hydrogen-bond donors (Lipinski definition) is 8. The normalized spacial score (nSPS) is 12.7. The SMILES string of the molecule is COc1cc2ncccc2cc1-c1cnc([C@@H](N)CCCCCC(=O)c2ncco2)[nH]1.COc1cc2ncccc2cc1-c1cnc([C@@H](N)CCCCCC(=O)c2ncco2)[nH]1.O=C(O)C(O)C(O)C(=O)O. The third kappa shape index (κ3) is 14.4. The lowest BCUT2D eigenvalue weighted by molar-refractivity contribution is -0.165. The molecule has 4 atom stereocenters. The van der Waals surface area contributed by atoms with Crippen molar-refractivity contribution in [2.45, 2.75) is 88.5 Å². The number of imidazole rings is 2. The molecule has 0 spiro atoms. The van der Waals surface area contributed by atoms with Crippen LogP contribution in [0, 0.1) is 0 Å². The highest BCUT2D eigenvalue weighted by atomic mass is 16.5. The van der Waals surface area contributed by atoms with Crippen LogP contribution in [0.2, 0.25) is 0 Å². The average molecular weight is 989 g/mol. The highest BCUT2D eigenvalue weighted by Crippen LogP contribution is 2.35. The van der Waals surface area contributed by atoms with Gasteiger partial charge in [-0.25, -0.2) is 29.5 Å². The van der Waals surface area contributed by atoms with Gasteiger partial charge in [0.15, 0.2) is 12.2 Å². The summed E-state index contributed by atoms with van der Waals surface area (Å²) in [5, 5.41) is 34.6. The molecule has 0 saturated carbocycles. The first-order chi connectivity index (χ1) is 34.8. The number of fused-ring (bicyclic) bond motifs is 2. The average Bonchev–Trinajstić information content (AvgIpc) is 4.26. The third-order valence-corrected chi connectivity index (χ3v) is 11.3. The molecule has 0 saturated heterocycles. The van der Waals surface area contributed by atoms with Crippen LogP contribution in [0.1, 0.15) is 109 Å². The van der Waals surface area contributed by atoms with Gasteiger partial charge in [0.2, 0.25) is 11.6 Å². The number of oxazole rings is 2. The fraction of sp³-hybridized carbons (Fsp3) is 0.320. The van der Waals surface area contributed by atoms with E-state index in [1.54, 1.807) is 39.0 Å². The predicted molar refractivity (Wildman–Crippen MR) is 261 cm³/mol. The number of hydrogen-bond acceptors (Lipinski definition) is 18. The molecule has 0 aliphatic rings. The second-order valence-corrected chi connectivity index (χ2v) is 16.4. The van der Waals surface area contributed by atoms with E-state index < -0.39 is 24.1 Å². The fourth-order valence-corrected chi connectivity index (χ4v) is 7.42. The molecule has 6 heterocycles. The summed E-state index contributed by atoms with van der Waals surface area (Å²) in [6.07, 6.45) is 15.9. The number of benzene rings is 2. The number of ether oxygens (including phenoxy) is 2. The molecule has 10 N–H and O–H groups in total. The Hall–Kier alpha value is -8.18. The number of aliphatic carboxylic acids is 2. The number of H-pyrrole nitrogens is 2. The lowest BCUT2D eigenvalue weighted by atomic mass is 10.1. The summed E-state index contributed by atoms with van der Waals surface area (Å²) >= 11 is 0. The predicted octanol–water partition coefficient (Wildman–Crippen LogP) is 6.79. The quantitative estimate of drug-likeness (QED) is 0.0241. The van der Waals surface area contributed by atoms with Crippen molar-refractivity contribution in [3.8, 4) is 34.0 Å². The fourth-order valence-electron chi connectivity index (χ4n) is 7.42. The van der Waals surface area contributed by atoms with Gasteiger partial charge in [0, 0.05) is 59.3 Å². The first-order valence-corrected chi connectivity index (χ1v) is 22.9. The molecule has 0 aliphatic heterocycles. The van der Waals surface area contributed by atoms with E-state index in [1.807, 2.05) is 48.5 Å². The number of unbranched alkanes of at least 4 members (excludes halogenated alkanes) is 4. The van der Waals surface area contributed by atoms with E-state index in [-0.39, 0.29) is 35.4 Å². The van der Waals surface area contributed by atoms with E-state index in [4.69, 9.17) is 50.2 Å². The van der Waals surface area contributed by atoms with Crippen molar-refractivity contribution >= 4 is 45.3 Å². The number of methoxy groups -OCH3 is 2. The van der Waals surface area contributed by atoms with Crippen molar-refractivity contribution in [3.05, 3.63) is 122 Å². The van der Waals surface area contributed by atoms with Gasteiger partial charge >= 0.3 is 11.9 Å². The summed E-state index contributed by atoms with van der Waals surface area (Å²) in [5.74, 6) is -0.381. The van der Waals surface area contributed by atoms with E-state index >= 15 is 0 Å². The van der Waals surface area contributed by atoms with E-state index in [0.717, 1.165) is 119 Å². The van der Waals surface area contributed by atoms with Gasteiger partial charge in [-0.3, -0.25) is 19.6 Å². The Bertz CT molecular complexity index is 2810. The van der Waals surface area contributed by atoms with Gasteiger partial charge in [-0.1, -0.05) is 37.8 Å². The monoisotopic (exact) mass is 988 g/mol. The minimum Gasteiger partial charge on any atom is -0.496 e. The summed E-state index contributed by atoms with van der Waals surface area (Å²) < 4.78 is 21.2. The van der Waals surface area contributed by atoms with Crippen LogP contribution in [0.4, 0.5) is 0 Å². The highest BCUT2D eigenvalue weighted by molar-refractivity contribution is 5.92. The Morgan fingerprint density at radius 1 is 0.583 bits per heavy atom. The van der Waals surface area contributed by atoms with Gasteiger partial charge in [-0.05, 0) is 49.9 Å². The lowest BCUT2D eigenvalue weighted by Crippen LogP contribution is -2.39. The third-order valence-electron chi connectivity index (χ3n) is 11.3. The summed E-state index contributed by atoms with van der Waals surface area (Å²) in [6.45, 7) is 0. The Morgan fingerprint density at radius 3 is 1.36 bits per heavy atom. The van der Waals surface area contributed by atoms with Crippen LogP contribution in [0.15, 0.2) is 107 Å². The second kappa shape index (κ2) is 26.1. The number of nitrogens with two attached hydrogens (primary N) is 2. The molecule has 0 radical (unpaired) electrons. The van der Waals surface area contributed by atoms with Crippen molar-refractivity contribution in [3.63, 3.8) is 0 Å². The number of aromatic amines is 2. The number of ketones is 2. The number of aliphatic hydroxyl groups excluding tert-OH is 2. The van der Waals surface area contributed by atoms with E-state index in [2.05, 4.69) is 39.9 Å². The van der Waals surface area contributed by atoms with Crippen LogP contribution in [0.3, 0.4) is 0 Å². The maximum Gasteiger partial charge on any atom is 0.335 e. The van der Waals surface area contributed by atoms with Crippen molar-refractivity contribution in [2.24, 2.45) is 11.5 Å². The Labute approximate surface area is 411 Å². The molecule has 0 fully saturated rings. The van der Waals surface area contributed by atoms with Crippen molar-refractivity contribution in [1.82, 2.24) is 39.9 Å². The molecule has 72 heavy (non-hydrogen) atoms. The maximum absolute atomic E-state index is 11.9. The van der Waals surface area contributed by atoms with Crippen LogP contribution in [-0.4, -0.2) is 110 Å². The van der Waals surface area contributed by atoms with Gasteiger partial charge in [-0.2, -0.15) is 0 Å². The van der Waals surface area contributed by atoms with Crippen LogP contribution in [-0.2, 0) is 9.59 Å². The highest BCUT2D eigenvalue weighted by Gasteiger charge is 2.29. The number of nitrogens with zero attached hydrogens (tertiary/aromatic N) is 6. The number of carbonyl (C=O) groups is 4. The van der Waals surface area contributed by atoms with Crippen molar-refractivity contribution in [2.75, 3.05) is 14.2 Å². The molecule has 8 aromatic rings. The maximum atomic E-state index is 11.9. The molecule has 8 rings (SSSR count). The zero-order valence-corrected chi connectivity index (χ0v) is 39.5. The molecule has 378 valence electrons. The number of carboxylic acid groups (broad SMARTS) is 2. The largest absolute Gasteiger partial charge is 0.496 e. The van der Waals surface area contributed by atoms with Gasteiger partial charge in [0.1, 0.15) is 35.7 Å². The number of aromatic nitrogens is 8. The smallest absolute Gasteiger partial charge is 0.335 e. The van der Waals surface area contributed by atoms with Crippen LogP contribution >= 0.6 is 0 Å². The first-order valence-electron chi connectivity index (χ1n) is 22.9. The number of aliphatic hydroxyl groups is 2. The van der Waals surface area contributed by atoms with E-state index in [9.17, 15) is 19.2 Å². The molecule has 6 aromatic heterocycles. The van der Waals surface area contributed by atoms with Gasteiger partial charge < -0.3 is 60.2 Å². The molecular weight excluding hydrogens is 933 g/mol. The van der Waals surface area contributed by atoms with E-state index in [0.29, 0.717) is 12.8 Å². The van der Waals surface area contributed by atoms with E-state index in [1.165, 1.54) is 24.9 Å². The van der Waals surface area contributed by atoms with Crippen LogP contribution < -0.4 is 20.9 Å². The number of carbonyl (C=O) groups excluding carboxylic acids is 2. The molecule has 22 nitrogen and oxygen atoms in total. The van der Waals surface area contributed by atoms with Crippen LogP contribution in [0.25, 0.3) is 44.3 Å². The van der Waals surface area contributed by atoms with Gasteiger partial charge in [0.25, 0.3) is 11.8 Å². The topological polar surface area (TPSA) is 355 Å². The standard InChI is InChI=1S/2C23H25N5O3.C4H6O6/c2*1-30-21-13-18-15(6-5-9-25-18)12-16(21)19-14-27-22(28-19)17(24)7-3-2-4-8-20(29)23-26-10-11-31-23;5-1(3(7)8)2(6)4(9)10/h2*5-6,9-14,17H,2-4,7-8,24H2,1H3,(H,27,28);1-2,5-6H,(H,7,8)(H,9,10)/t2*17-;/m00./s1. The number of nitrogens with one attached hydrogen (secondary N) is 2. The Balaban J connectivity index is 0.000000198. The molecule has 0 amide bonds. The lowest BCUT2D eigenvalue weighted by Gasteiger charge is -2.10. The Kier molecular flexibility index (Phi) is 19.3. The van der Waals surface area contributed by atoms with Crippen LogP contribution in [0.5, 0.6) is 11.5 Å². The number of rotatable bonds is 23. The van der Waals surface area contributed by atoms with Gasteiger partial charge in [-0.15, -0.1) is 0 Å². The van der Waals surface area contributed by atoms with Crippen molar-refractivity contribution < 1.29 is 57.9 Å². The zero-order valence-electron chi connectivity index (χ0n) is 39.5.